The van der Waals surface area contributed by atoms with E-state index in [9.17, 15) is 13.6 Å². The smallest absolute Gasteiger partial charge is 0.264 e. The first-order chi connectivity index (χ1) is 15.0. The SMILES string of the molecule is COc1ccccc1CCC(=O)N1CCC(c2cc(C(F)F)c3c(C)noc3n2)CC1. The highest BCUT2D eigenvalue weighted by molar-refractivity contribution is 5.80. The summed E-state index contributed by atoms with van der Waals surface area (Å²) >= 11 is 0. The monoisotopic (exact) mass is 429 g/mol. The maximum absolute atomic E-state index is 13.6. The quantitative estimate of drug-likeness (QED) is 0.562. The summed E-state index contributed by atoms with van der Waals surface area (Å²) in [6.45, 7) is 2.79. The van der Waals surface area contributed by atoms with Crippen molar-refractivity contribution in [2.45, 2.75) is 45.0 Å². The number of likely N-dealkylation sites (tertiary alicyclic amines) is 1. The number of hydrogen-bond acceptors (Lipinski definition) is 5. The van der Waals surface area contributed by atoms with Gasteiger partial charge in [0, 0.05) is 36.7 Å². The fourth-order valence-corrected chi connectivity index (χ4v) is 4.26. The Bertz CT molecular complexity index is 1080. The Kier molecular flexibility index (Phi) is 6.15. The van der Waals surface area contributed by atoms with Crippen LogP contribution in [-0.4, -0.2) is 41.1 Å². The van der Waals surface area contributed by atoms with E-state index in [1.807, 2.05) is 29.2 Å². The second-order valence-electron chi connectivity index (χ2n) is 7.85. The third-order valence-corrected chi connectivity index (χ3v) is 5.97. The fourth-order valence-electron chi connectivity index (χ4n) is 4.26. The number of pyridine rings is 1. The maximum Gasteiger partial charge on any atom is 0.264 e. The van der Waals surface area contributed by atoms with Gasteiger partial charge < -0.3 is 14.2 Å². The van der Waals surface area contributed by atoms with Crippen LogP contribution in [0.4, 0.5) is 8.78 Å². The van der Waals surface area contributed by atoms with E-state index in [4.69, 9.17) is 9.26 Å². The highest BCUT2D eigenvalue weighted by atomic mass is 19.3. The second-order valence-corrected chi connectivity index (χ2v) is 7.85. The molecule has 31 heavy (non-hydrogen) atoms. The number of rotatable bonds is 6. The van der Waals surface area contributed by atoms with Crippen molar-refractivity contribution >= 4 is 17.0 Å². The summed E-state index contributed by atoms with van der Waals surface area (Å²) in [6, 6.07) is 9.16. The normalized spacial score (nSPS) is 15.1. The molecule has 6 nitrogen and oxygen atoms in total. The molecule has 0 spiro atoms. The zero-order chi connectivity index (χ0) is 22.0. The van der Waals surface area contributed by atoms with Crippen LogP contribution < -0.4 is 4.74 Å². The molecule has 0 N–H and O–H groups in total. The molecule has 0 unspecified atom stereocenters. The highest BCUT2D eigenvalue weighted by Crippen LogP contribution is 2.35. The van der Waals surface area contributed by atoms with Gasteiger partial charge in [-0.05, 0) is 43.9 Å². The van der Waals surface area contributed by atoms with Crippen molar-refractivity contribution in [3.8, 4) is 5.75 Å². The Morgan fingerprint density at radius 1 is 1.29 bits per heavy atom. The molecule has 3 aromatic rings. The van der Waals surface area contributed by atoms with E-state index >= 15 is 0 Å². The van der Waals surface area contributed by atoms with Crippen LogP contribution in [0.3, 0.4) is 0 Å². The molecule has 0 saturated carbocycles. The summed E-state index contributed by atoms with van der Waals surface area (Å²) < 4.78 is 37.7. The van der Waals surface area contributed by atoms with Gasteiger partial charge in [-0.2, -0.15) is 0 Å². The number of hydrogen-bond donors (Lipinski definition) is 0. The van der Waals surface area contributed by atoms with Gasteiger partial charge in [0.15, 0.2) is 0 Å². The number of ether oxygens (including phenoxy) is 1. The summed E-state index contributed by atoms with van der Waals surface area (Å²) in [5.41, 5.74) is 2.07. The Morgan fingerprint density at radius 3 is 2.74 bits per heavy atom. The Labute approximate surface area is 179 Å². The van der Waals surface area contributed by atoms with Gasteiger partial charge in [-0.3, -0.25) is 4.79 Å². The van der Waals surface area contributed by atoms with Crippen molar-refractivity contribution in [3.05, 3.63) is 52.8 Å². The predicted octanol–water partition coefficient (Wildman–Crippen LogP) is 4.82. The minimum absolute atomic E-state index is 0.00516. The molecule has 1 aliphatic rings. The van der Waals surface area contributed by atoms with Gasteiger partial charge in [-0.15, -0.1) is 0 Å². The maximum atomic E-state index is 13.6. The van der Waals surface area contributed by atoms with E-state index in [0.717, 1.165) is 11.3 Å². The molecule has 0 atom stereocenters. The summed E-state index contributed by atoms with van der Waals surface area (Å²) in [5.74, 6) is 0.880. The Morgan fingerprint density at radius 2 is 2.03 bits per heavy atom. The van der Waals surface area contributed by atoms with E-state index < -0.39 is 6.43 Å². The van der Waals surface area contributed by atoms with Gasteiger partial charge >= 0.3 is 0 Å². The van der Waals surface area contributed by atoms with E-state index in [2.05, 4.69) is 10.1 Å². The molecule has 4 rings (SSSR count). The lowest BCUT2D eigenvalue weighted by Gasteiger charge is -2.32. The summed E-state index contributed by atoms with van der Waals surface area (Å²) in [6.07, 6.45) is -0.256. The summed E-state index contributed by atoms with van der Waals surface area (Å²) in [5, 5.41) is 4.08. The number of halogens is 2. The summed E-state index contributed by atoms with van der Waals surface area (Å²) in [7, 11) is 1.62. The number of benzene rings is 1. The van der Waals surface area contributed by atoms with Crippen LogP contribution in [0.15, 0.2) is 34.9 Å². The van der Waals surface area contributed by atoms with Crippen LogP contribution in [0.25, 0.3) is 11.1 Å². The van der Waals surface area contributed by atoms with Gasteiger partial charge in [-0.25, -0.2) is 13.8 Å². The molecule has 164 valence electrons. The first-order valence-corrected chi connectivity index (χ1v) is 10.4. The van der Waals surface area contributed by atoms with Crippen molar-refractivity contribution in [2.24, 2.45) is 0 Å². The van der Waals surface area contributed by atoms with Crippen LogP contribution >= 0.6 is 0 Å². The Balaban J connectivity index is 1.40. The van der Waals surface area contributed by atoms with Crippen LogP contribution in [-0.2, 0) is 11.2 Å². The third kappa shape index (κ3) is 4.38. The molecule has 0 aliphatic carbocycles. The van der Waals surface area contributed by atoms with Crippen LogP contribution in [0.2, 0.25) is 0 Å². The molecular weight excluding hydrogens is 404 g/mol. The van der Waals surface area contributed by atoms with Crippen molar-refractivity contribution in [2.75, 3.05) is 20.2 Å². The van der Waals surface area contributed by atoms with Gasteiger partial charge in [-0.1, -0.05) is 23.4 Å². The standard InChI is InChI=1S/C23H25F2N3O3/c1-14-21-17(22(24)25)13-18(26-23(21)31-27-14)15-9-11-28(12-10-15)20(29)8-7-16-5-3-4-6-19(16)30-2/h3-6,13,15,22H,7-12H2,1-2H3. The number of fused-ring (bicyclic) bond motifs is 1. The van der Waals surface area contributed by atoms with E-state index in [0.29, 0.717) is 55.5 Å². The average molecular weight is 429 g/mol. The number of aromatic nitrogens is 2. The summed E-state index contributed by atoms with van der Waals surface area (Å²) in [4.78, 5) is 19.0. The van der Waals surface area contributed by atoms with Gasteiger partial charge in [0.1, 0.15) is 5.75 Å². The lowest BCUT2D eigenvalue weighted by Crippen LogP contribution is -2.38. The number of para-hydroxylation sites is 1. The van der Waals surface area contributed by atoms with E-state index in [1.165, 1.54) is 6.07 Å². The van der Waals surface area contributed by atoms with Gasteiger partial charge in [0.25, 0.3) is 12.1 Å². The molecule has 1 aromatic carbocycles. The van der Waals surface area contributed by atoms with Crippen molar-refractivity contribution in [3.63, 3.8) is 0 Å². The average Bonchev–Trinajstić information content (AvgIpc) is 3.17. The molecule has 2 aromatic heterocycles. The molecule has 1 fully saturated rings. The minimum Gasteiger partial charge on any atom is -0.496 e. The Hall–Kier alpha value is -3.03. The largest absolute Gasteiger partial charge is 0.496 e. The van der Waals surface area contributed by atoms with Crippen LogP contribution in [0.1, 0.15) is 54.1 Å². The van der Waals surface area contributed by atoms with Crippen molar-refractivity contribution < 1.29 is 22.8 Å². The molecule has 0 bridgehead atoms. The molecule has 1 amide bonds. The number of carbonyl (C=O) groups is 1. The number of nitrogens with zero attached hydrogens (tertiary/aromatic N) is 3. The molecule has 3 heterocycles. The lowest BCUT2D eigenvalue weighted by molar-refractivity contribution is -0.132. The molecule has 1 aliphatic heterocycles. The minimum atomic E-state index is -2.63. The zero-order valence-corrected chi connectivity index (χ0v) is 17.6. The molecule has 0 radical (unpaired) electrons. The van der Waals surface area contributed by atoms with Crippen LogP contribution in [0, 0.1) is 6.92 Å². The number of aryl methyl sites for hydroxylation is 2. The number of methoxy groups -OCH3 is 1. The molecule has 1 saturated heterocycles. The number of amides is 1. The number of piperidine rings is 1. The van der Waals surface area contributed by atoms with Crippen molar-refractivity contribution in [1.82, 2.24) is 15.0 Å². The van der Waals surface area contributed by atoms with Gasteiger partial charge in [0.2, 0.25) is 5.91 Å². The van der Waals surface area contributed by atoms with E-state index in [-0.39, 0.29) is 23.1 Å². The van der Waals surface area contributed by atoms with E-state index in [1.54, 1.807) is 14.0 Å². The second kappa shape index (κ2) is 8.99. The number of carbonyl (C=O) groups excluding carboxylic acids is 1. The lowest BCUT2D eigenvalue weighted by atomic mass is 9.91. The zero-order valence-electron chi connectivity index (χ0n) is 17.6. The number of alkyl halides is 2. The highest BCUT2D eigenvalue weighted by Gasteiger charge is 2.27. The topological polar surface area (TPSA) is 68.5 Å². The van der Waals surface area contributed by atoms with Crippen molar-refractivity contribution in [1.29, 1.82) is 0 Å². The molecule has 8 heteroatoms. The fraction of sp³-hybridized carbons (Fsp3) is 0.435. The third-order valence-electron chi connectivity index (χ3n) is 5.97. The predicted molar refractivity (Wildman–Crippen MR) is 111 cm³/mol. The molecular formula is C23H25F2N3O3. The first-order valence-electron chi connectivity index (χ1n) is 10.4. The van der Waals surface area contributed by atoms with Crippen LogP contribution in [0.5, 0.6) is 5.75 Å². The van der Waals surface area contributed by atoms with Gasteiger partial charge in [0.05, 0.1) is 18.2 Å². The first kappa shape index (κ1) is 21.2.